The van der Waals surface area contributed by atoms with Gasteiger partial charge in [-0.25, -0.2) is 4.39 Å². The summed E-state index contributed by atoms with van der Waals surface area (Å²) in [7, 11) is -0.574. The Hall–Kier alpha value is -1.28. The summed E-state index contributed by atoms with van der Waals surface area (Å²) in [6, 6.07) is 7.13. The molecule has 0 aliphatic carbocycles. The maximum Gasteiger partial charge on any atom is 0.149 e. The Morgan fingerprint density at radius 3 is 2.43 bits per heavy atom. The molecule has 0 atom stereocenters. The fourth-order valence-corrected chi connectivity index (χ4v) is 3.63. The Labute approximate surface area is 145 Å². The molecule has 0 aliphatic rings. The van der Waals surface area contributed by atoms with Gasteiger partial charge in [0, 0.05) is 17.1 Å². The van der Waals surface area contributed by atoms with E-state index in [0.717, 1.165) is 16.5 Å². The molecule has 23 heavy (non-hydrogen) atoms. The number of hydrogen-bond donors (Lipinski definition) is 0. The number of aryl methyl sites for hydroxylation is 1. The van der Waals surface area contributed by atoms with Gasteiger partial charge in [0.05, 0.1) is 26.7 Å². The number of aromatic nitrogens is 2. The number of halogens is 3. The first-order chi connectivity index (χ1) is 10.9. The van der Waals surface area contributed by atoms with Gasteiger partial charge in [0.1, 0.15) is 5.82 Å². The lowest BCUT2D eigenvalue weighted by Gasteiger charge is -2.10. The van der Waals surface area contributed by atoms with Gasteiger partial charge < -0.3 is 0 Å². The van der Waals surface area contributed by atoms with Crippen LogP contribution in [-0.4, -0.2) is 23.3 Å². The molecule has 6 heteroatoms. The van der Waals surface area contributed by atoms with Crippen LogP contribution >= 0.6 is 31.1 Å². The van der Waals surface area contributed by atoms with E-state index < -0.39 is 7.92 Å². The molecule has 2 nitrogen and oxygen atoms in total. The smallest absolute Gasteiger partial charge is 0.149 e. The normalized spacial score (nSPS) is 11.4. The fourth-order valence-electron chi connectivity index (χ4n) is 2.41. The van der Waals surface area contributed by atoms with E-state index in [4.69, 9.17) is 23.2 Å². The molecule has 3 aromatic rings. The van der Waals surface area contributed by atoms with Crippen molar-refractivity contribution in [1.29, 1.82) is 0 Å². The molecule has 2 heterocycles. The Balaban J connectivity index is 2.16. The summed E-state index contributed by atoms with van der Waals surface area (Å²) in [5.41, 5.74) is 3.51. The molecule has 0 unspecified atom stereocenters. The molecule has 0 saturated heterocycles. The van der Waals surface area contributed by atoms with Crippen LogP contribution in [0.1, 0.15) is 5.69 Å². The zero-order valence-electron chi connectivity index (χ0n) is 12.9. The molecule has 0 saturated carbocycles. The molecule has 0 N–H and O–H groups in total. The van der Waals surface area contributed by atoms with Gasteiger partial charge in [-0.2, -0.15) is 0 Å². The summed E-state index contributed by atoms with van der Waals surface area (Å²) >= 11 is 12.5. The topological polar surface area (TPSA) is 25.8 Å². The molecule has 0 amide bonds. The quantitative estimate of drug-likeness (QED) is 0.566. The lowest BCUT2D eigenvalue weighted by molar-refractivity contribution is 0.632. The fraction of sp³-hybridized carbons (Fsp3) is 0.176. The third-order valence-electron chi connectivity index (χ3n) is 3.61. The van der Waals surface area contributed by atoms with Crippen molar-refractivity contribution in [3.05, 3.63) is 52.0 Å². The first kappa shape index (κ1) is 16.6. The number of fused-ring (bicyclic) bond motifs is 1. The summed E-state index contributed by atoms with van der Waals surface area (Å²) in [4.78, 5) is 8.69. The van der Waals surface area contributed by atoms with Gasteiger partial charge in [-0.15, -0.1) is 0 Å². The molecular weight excluding hydrogens is 353 g/mol. The van der Waals surface area contributed by atoms with Crippen molar-refractivity contribution in [3.63, 3.8) is 0 Å². The van der Waals surface area contributed by atoms with Crippen LogP contribution in [0.15, 0.2) is 30.5 Å². The average Bonchev–Trinajstić information content (AvgIpc) is 2.52. The SMILES string of the molecule is Cc1nc2ccc(-c3cnc(P(C)C)c(F)c3)cc2c(Cl)c1Cl. The van der Waals surface area contributed by atoms with Crippen LogP contribution in [0.3, 0.4) is 0 Å². The molecule has 0 bridgehead atoms. The monoisotopic (exact) mass is 366 g/mol. The van der Waals surface area contributed by atoms with Gasteiger partial charge in [-0.1, -0.05) is 37.2 Å². The lowest BCUT2D eigenvalue weighted by atomic mass is 10.0. The van der Waals surface area contributed by atoms with E-state index in [1.165, 1.54) is 6.07 Å². The third-order valence-corrected chi connectivity index (χ3v) is 5.74. The molecule has 1 aromatic carbocycles. The Morgan fingerprint density at radius 2 is 1.78 bits per heavy atom. The van der Waals surface area contributed by atoms with Crippen molar-refractivity contribution in [2.45, 2.75) is 6.92 Å². The van der Waals surface area contributed by atoms with Gasteiger partial charge in [-0.05, 0) is 44.0 Å². The maximum atomic E-state index is 14.2. The summed E-state index contributed by atoms with van der Waals surface area (Å²) in [5.74, 6) is -0.273. The average molecular weight is 367 g/mol. The first-order valence-corrected chi connectivity index (χ1v) is 9.96. The largest absolute Gasteiger partial charge is 0.253 e. The minimum absolute atomic E-state index is 0.273. The van der Waals surface area contributed by atoms with Crippen LogP contribution in [-0.2, 0) is 0 Å². The Morgan fingerprint density at radius 1 is 1.04 bits per heavy atom. The van der Waals surface area contributed by atoms with E-state index in [-0.39, 0.29) is 5.82 Å². The molecule has 3 rings (SSSR count). The van der Waals surface area contributed by atoms with Gasteiger partial charge in [0.15, 0.2) is 0 Å². The second-order valence-corrected chi connectivity index (χ2v) is 8.45. The van der Waals surface area contributed by atoms with E-state index in [0.29, 0.717) is 26.7 Å². The van der Waals surface area contributed by atoms with Crippen molar-refractivity contribution in [1.82, 2.24) is 9.97 Å². The molecule has 0 spiro atoms. The predicted molar refractivity (Wildman–Crippen MR) is 98.1 cm³/mol. The standard InChI is InChI=1S/C17H14Cl2FN2P/c1-9-15(18)16(19)12-6-10(4-5-14(12)22-9)11-7-13(20)17(21-8-11)23(2)3/h4-8H,1-3H3. The highest BCUT2D eigenvalue weighted by atomic mass is 35.5. The minimum Gasteiger partial charge on any atom is -0.253 e. The first-order valence-electron chi connectivity index (χ1n) is 6.97. The lowest BCUT2D eigenvalue weighted by Crippen LogP contribution is -2.10. The van der Waals surface area contributed by atoms with Crippen molar-refractivity contribution in [2.24, 2.45) is 0 Å². The van der Waals surface area contributed by atoms with Gasteiger partial charge >= 0.3 is 0 Å². The maximum absolute atomic E-state index is 14.2. The third kappa shape index (κ3) is 3.06. The highest BCUT2D eigenvalue weighted by Gasteiger charge is 2.13. The number of pyridine rings is 2. The highest BCUT2D eigenvalue weighted by molar-refractivity contribution is 7.63. The van der Waals surface area contributed by atoms with Crippen molar-refractivity contribution < 1.29 is 4.39 Å². The van der Waals surface area contributed by atoms with E-state index in [1.807, 2.05) is 38.5 Å². The number of rotatable bonds is 2. The number of benzene rings is 1. The molecule has 2 aromatic heterocycles. The number of nitrogens with zero attached hydrogens (tertiary/aromatic N) is 2. The summed E-state index contributed by atoms with van der Waals surface area (Å²) in [6.45, 7) is 5.77. The van der Waals surface area contributed by atoms with Crippen molar-refractivity contribution in [3.8, 4) is 11.1 Å². The van der Waals surface area contributed by atoms with Gasteiger partial charge in [0.2, 0.25) is 0 Å². The second kappa shape index (κ2) is 6.32. The van der Waals surface area contributed by atoms with E-state index >= 15 is 0 Å². The van der Waals surface area contributed by atoms with Gasteiger partial charge in [-0.3, -0.25) is 9.97 Å². The van der Waals surface area contributed by atoms with Crippen LogP contribution in [0.2, 0.25) is 10.0 Å². The van der Waals surface area contributed by atoms with E-state index in [1.54, 1.807) is 6.20 Å². The predicted octanol–water partition coefficient (Wildman–Crippen LogP) is 5.42. The van der Waals surface area contributed by atoms with Crippen LogP contribution in [0.4, 0.5) is 4.39 Å². The van der Waals surface area contributed by atoms with Crippen LogP contribution in [0, 0.1) is 12.7 Å². The van der Waals surface area contributed by atoms with Crippen molar-refractivity contribution >= 4 is 47.5 Å². The van der Waals surface area contributed by atoms with Gasteiger partial charge in [0.25, 0.3) is 0 Å². The summed E-state index contributed by atoms with van der Waals surface area (Å²) < 4.78 is 14.2. The van der Waals surface area contributed by atoms with Crippen LogP contribution < -0.4 is 5.44 Å². The summed E-state index contributed by atoms with van der Waals surface area (Å²) in [6.07, 6.45) is 1.69. The van der Waals surface area contributed by atoms with Crippen molar-refractivity contribution in [2.75, 3.05) is 13.3 Å². The molecule has 118 valence electrons. The van der Waals surface area contributed by atoms with Crippen LogP contribution in [0.5, 0.6) is 0 Å². The Bertz CT molecular complexity index is 913. The molecule has 0 aliphatic heterocycles. The zero-order chi connectivity index (χ0) is 16.7. The summed E-state index contributed by atoms with van der Waals surface area (Å²) in [5, 5.41) is 1.66. The molecule has 0 radical (unpaired) electrons. The second-order valence-electron chi connectivity index (χ2n) is 5.48. The van der Waals surface area contributed by atoms with E-state index in [9.17, 15) is 4.39 Å². The molecular formula is C17H14Cl2FN2P. The highest BCUT2D eigenvalue weighted by Crippen LogP contribution is 2.34. The van der Waals surface area contributed by atoms with Crippen LogP contribution in [0.25, 0.3) is 22.0 Å². The minimum atomic E-state index is -0.574. The molecule has 0 fully saturated rings. The van der Waals surface area contributed by atoms with E-state index in [2.05, 4.69) is 9.97 Å². The zero-order valence-corrected chi connectivity index (χ0v) is 15.3. The Kier molecular flexibility index (Phi) is 4.55. The number of hydrogen-bond acceptors (Lipinski definition) is 2.